The van der Waals surface area contributed by atoms with Crippen molar-refractivity contribution in [2.75, 3.05) is 32.8 Å². The fourth-order valence-electron chi connectivity index (χ4n) is 4.01. The molecule has 21 heavy (non-hydrogen) atoms. The number of para-hydroxylation sites is 1. The minimum absolute atomic E-state index is 0.00980. The Kier molecular flexibility index (Phi) is 3.14. The smallest absolute Gasteiger partial charge is 0.229 e. The van der Waals surface area contributed by atoms with Crippen LogP contribution in [0.3, 0.4) is 0 Å². The molecule has 2 unspecified atom stereocenters. The SMILES string of the molecule is O=C(C1COc2ccccc2C1)N1CCC2(CCNC2)C1. The number of rotatable bonds is 1. The van der Waals surface area contributed by atoms with Crippen LogP contribution in [0.4, 0.5) is 0 Å². The lowest BCUT2D eigenvalue weighted by molar-refractivity contribution is -0.136. The van der Waals surface area contributed by atoms with E-state index in [1.54, 1.807) is 0 Å². The first kappa shape index (κ1) is 13.1. The summed E-state index contributed by atoms with van der Waals surface area (Å²) < 4.78 is 5.77. The highest BCUT2D eigenvalue weighted by atomic mass is 16.5. The number of nitrogens with one attached hydrogen (secondary N) is 1. The minimum Gasteiger partial charge on any atom is -0.492 e. The Bertz CT molecular complexity index is 551. The lowest BCUT2D eigenvalue weighted by Crippen LogP contribution is -2.41. The van der Waals surface area contributed by atoms with E-state index in [0.29, 0.717) is 12.0 Å². The molecule has 1 aromatic carbocycles. The van der Waals surface area contributed by atoms with Crippen LogP contribution in [0.15, 0.2) is 24.3 Å². The molecule has 2 fully saturated rings. The third-order valence-corrected chi connectivity index (χ3v) is 5.31. The van der Waals surface area contributed by atoms with Gasteiger partial charge in [-0.1, -0.05) is 18.2 Å². The molecule has 4 heteroatoms. The molecule has 4 rings (SSSR count). The van der Waals surface area contributed by atoms with E-state index in [1.807, 2.05) is 18.2 Å². The van der Waals surface area contributed by atoms with Crippen molar-refractivity contribution < 1.29 is 9.53 Å². The monoisotopic (exact) mass is 286 g/mol. The standard InChI is InChI=1S/C17H22N2O2/c20-16(19-8-6-17(12-19)5-7-18-11-17)14-9-13-3-1-2-4-15(13)21-10-14/h1-4,14,18H,5-12H2. The van der Waals surface area contributed by atoms with Crippen molar-refractivity contribution in [3.63, 3.8) is 0 Å². The molecule has 1 spiro atoms. The molecular weight excluding hydrogens is 264 g/mol. The predicted molar refractivity (Wildman–Crippen MR) is 80.2 cm³/mol. The van der Waals surface area contributed by atoms with Crippen molar-refractivity contribution in [2.24, 2.45) is 11.3 Å². The van der Waals surface area contributed by atoms with Crippen molar-refractivity contribution in [3.8, 4) is 5.75 Å². The van der Waals surface area contributed by atoms with Crippen molar-refractivity contribution in [2.45, 2.75) is 19.3 Å². The van der Waals surface area contributed by atoms with Gasteiger partial charge in [0.25, 0.3) is 0 Å². The number of ether oxygens (including phenoxy) is 1. The van der Waals surface area contributed by atoms with Gasteiger partial charge in [0.1, 0.15) is 12.4 Å². The molecule has 4 nitrogen and oxygen atoms in total. The Morgan fingerprint density at radius 3 is 3.10 bits per heavy atom. The van der Waals surface area contributed by atoms with Gasteiger partial charge in [-0.25, -0.2) is 0 Å². The fraction of sp³-hybridized carbons (Fsp3) is 0.588. The van der Waals surface area contributed by atoms with Crippen LogP contribution in [0.5, 0.6) is 5.75 Å². The molecule has 1 aromatic rings. The molecule has 1 N–H and O–H groups in total. The van der Waals surface area contributed by atoms with E-state index >= 15 is 0 Å². The summed E-state index contributed by atoms with van der Waals surface area (Å²) in [5.74, 6) is 1.22. The van der Waals surface area contributed by atoms with Crippen LogP contribution < -0.4 is 10.1 Å². The van der Waals surface area contributed by atoms with Gasteiger partial charge in [0.15, 0.2) is 0 Å². The molecular formula is C17H22N2O2. The first-order chi connectivity index (χ1) is 10.3. The number of amides is 1. The summed E-state index contributed by atoms with van der Waals surface area (Å²) in [6, 6.07) is 8.06. The summed E-state index contributed by atoms with van der Waals surface area (Å²) in [7, 11) is 0. The van der Waals surface area contributed by atoms with Gasteiger partial charge < -0.3 is 15.0 Å². The summed E-state index contributed by atoms with van der Waals surface area (Å²) >= 11 is 0. The Morgan fingerprint density at radius 1 is 1.33 bits per heavy atom. The molecule has 1 amide bonds. The van der Waals surface area contributed by atoms with Gasteiger partial charge in [-0.15, -0.1) is 0 Å². The lowest BCUT2D eigenvalue weighted by Gasteiger charge is -2.29. The zero-order valence-corrected chi connectivity index (χ0v) is 12.3. The maximum Gasteiger partial charge on any atom is 0.229 e. The number of carbonyl (C=O) groups excluding carboxylic acids is 1. The van der Waals surface area contributed by atoms with Gasteiger partial charge in [-0.05, 0) is 37.4 Å². The summed E-state index contributed by atoms with van der Waals surface area (Å²) in [5.41, 5.74) is 1.52. The maximum absolute atomic E-state index is 12.8. The van der Waals surface area contributed by atoms with Crippen molar-refractivity contribution in [3.05, 3.63) is 29.8 Å². The van der Waals surface area contributed by atoms with E-state index in [0.717, 1.165) is 44.8 Å². The molecule has 2 saturated heterocycles. The Hall–Kier alpha value is -1.55. The highest BCUT2D eigenvalue weighted by Crippen LogP contribution is 2.37. The highest BCUT2D eigenvalue weighted by Gasteiger charge is 2.43. The number of hydrogen-bond donors (Lipinski definition) is 1. The summed E-state index contributed by atoms with van der Waals surface area (Å²) in [6.07, 6.45) is 3.17. The molecule has 0 aromatic heterocycles. The van der Waals surface area contributed by atoms with Crippen LogP contribution in [0.25, 0.3) is 0 Å². The number of fused-ring (bicyclic) bond motifs is 1. The first-order valence-corrected chi connectivity index (χ1v) is 7.96. The molecule has 3 aliphatic heterocycles. The van der Waals surface area contributed by atoms with Crippen molar-refractivity contribution in [1.29, 1.82) is 0 Å². The second-order valence-electron chi connectivity index (χ2n) is 6.76. The lowest BCUT2D eigenvalue weighted by atomic mass is 9.86. The van der Waals surface area contributed by atoms with Crippen LogP contribution in [-0.4, -0.2) is 43.6 Å². The zero-order valence-electron chi connectivity index (χ0n) is 12.3. The largest absolute Gasteiger partial charge is 0.492 e. The third-order valence-electron chi connectivity index (χ3n) is 5.31. The number of benzene rings is 1. The fourth-order valence-corrected chi connectivity index (χ4v) is 4.01. The van der Waals surface area contributed by atoms with E-state index in [-0.39, 0.29) is 11.8 Å². The first-order valence-electron chi connectivity index (χ1n) is 7.96. The minimum atomic E-state index is -0.00980. The van der Waals surface area contributed by atoms with E-state index in [2.05, 4.69) is 16.3 Å². The Labute approximate surface area is 125 Å². The molecule has 0 aliphatic carbocycles. The Balaban J connectivity index is 1.45. The number of hydrogen-bond acceptors (Lipinski definition) is 3. The van der Waals surface area contributed by atoms with Gasteiger partial charge in [0, 0.05) is 25.0 Å². The van der Waals surface area contributed by atoms with Gasteiger partial charge in [-0.3, -0.25) is 4.79 Å². The zero-order chi connectivity index (χ0) is 14.3. The molecule has 0 bridgehead atoms. The summed E-state index contributed by atoms with van der Waals surface area (Å²) in [4.78, 5) is 14.9. The maximum atomic E-state index is 12.8. The van der Waals surface area contributed by atoms with E-state index in [4.69, 9.17) is 4.74 Å². The average molecular weight is 286 g/mol. The van der Waals surface area contributed by atoms with Gasteiger partial charge in [0.2, 0.25) is 5.91 Å². The van der Waals surface area contributed by atoms with Crippen LogP contribution >= 0.6 is 0 Å². The molecule has 3 aliphatic rings. The summed E-state index contributed by atoms with van der Waals surface area (Å²) in [5, 5.41) is 3.44. The van der Waals surface area contributed by atoms with Crippen LogP contribution in [0.1, 0.15) is 18.4 Å². The molecule has 112 valence electrons. The second-order valence-corrected chi connectivity index (χ2v) is 6.76. The number of nitrogens with zero attached hydrogens (tertiary/aromatic N) is 1. The van der Waals surface area contributed by atoms with Crippen LogP contribution in [-0.2, 0) is 11.2 Å². The average Bonchev–Trinajstić information content (AvgIpc) is 3.17. The highest BCUT2D eigenvalue weighted by molar-refractivity contribution is 5.80. The van der Waals surface area contributed by atoms with E-state index in [1.165, 1.54) is 12.0 Å². The van der Waals surface area contributed by atoms with Crippen LogP contribution in [0, 0.1) is 11.3 Å². The third kappa shape index (κ3) is 2.31. The number of likely N-dealkylation sites (tertiary alicyclic amines) is 1. The normalized spacial score (nSPS) is 31.2. The van der Waals surface area contributed by atoms with Gasteiger partial charge in [-0.2, -0.15) is 0 Å². The molecule has 2 atom stereocenters. The Morgan fingerprint density at radius 2 is 2.24 bits per heavy atom. The number of carbonyl (C=O) groups is 1. The molecule has 0 saturated carbocycles. The molecule has 3 heterocycles. The van der Waals surface area contributed by atoms with Gasteiger partial charge in [0.05, 0.1) is 5.92 Å². The quantitative estimate of drug-likeness (QED) is 0.849. The van der Waals surface area contributed by atoms with E-state index in [9.17, 15) is 4.79 Å². The van der Waals surface area contributed by atoms with Crippen LogP contribution in [0.2, 0.25) is 0 Å². The van der Waals surface area contributed by atoms with E-state index < -0.39 is 0 Å². The summed E-state index contributed by atoms with van der Waals surface area (Å²) in [6.45, 7) is 4.54. The molecule has 0 radical (unpaired) electrons. The van der Waals surface area contributed by atoms with Crippen molar-refractivity contribution in [1.82, 2.24) is 10.2 Å². The van der Waals surface area contributed by atoms with Crippen molar-refractivity contribution >= 4 is 5.91 Å². The predicted octanol–water partition coefficient (Wildman–Crippen LogP) is 1.45. The second kappa shape index (κ2) is 5.02. The van der Waals surface area contributed by atoms with Gasteiger partial charge >= 0.3 is 0 Å². The topological polar surface area (TPSA) is 41.6 Å².